The average Bonchev–Trinajstić information content (AvgIpc) is 2.67. The molecule has 0 saturated heterocycles. The van der Waals surface area contributed by atoms with Gasteiger partial charge in [-0.05, 0) is 59.9 Å². The van der Waals surface area contributed by atoms with Crippen LogP contribution < -0.4 is 9.08 Å². The molecule has 0 aliphatic carbocycles. The van der Waals surface area contributed by atoms with Crippen LogP contribution in [-0.2, 0) is 31.3 Å². The zero-order valence-corrected chi connectivity index (χ0v) is 20.1. The van der Waals surface area contributed by atoms with Crippen molar-refractivity contribution in [2.75, 3.05) is 11.4 Å². The molecule has 0 atom stereocenters. The predicted octanol–water partition coefficient (Wildman–Crippen LogP) is 4.41. The van der Waals surface area contributed by atoms with Crippen molar-refractivity contribution in [3.05, 3.63) is 66.1 Å². The zero-order valence-electron chi connectivity index (χ0n) is 16.3. The first-order valence-electron chi connectivity index (χ1n) is 8.76. The third-order valence-corrected chi connectivity index (χ3v) is 5.08. The SMILES string of the molecule is O.[CH2-]CC(=O)N1CCC(C)(C)c2cc(C#Cc3ccc(OSF)cc3)ccc21.[W]. The summed E-state index contributed by atoms with van der Waals surface area (Å²) < 4.78 is 16.8. The Hall–Kier alpha value is -1.80. The van der Waals surface area contributed by atoms with Crippen LogP contribution in [0.15, 0.2) is 42.5 Å². The Morgan fingerprint density at radius 2 is 1.83 bits per heavy atom. The first-order chi connectivity index (χ1) is 12.9. The Labute approximate surface area is 190 Å². The van der Waals surface area contributed by atoms with Crippen molar-refractivity contribution in [2.45, 2.75) is 32.1 Å². The monoisotopic (exact) mass is 584 g/mol. The topological polar surface area (TPSA) is 61.0 Å². The fraction of sp³-hybridized carbons (Fsp3) is 0.273. The van der Waals surface area contributed by atoms with Gasteiger partial charge in [-0.3, -0.25) is 4.79 Å². The molecule has 0 fully saturated rings. The van der Waals surface area contributed by atoms with Crippen LogP contribution in [0.5, 0.6) is 5.75 Å². The first kappa shape index (κ1) is 25.2. The minimum absolute atomic E-state index is 0. The van der Waals surface area contributed by atoms with Crippen molar-refractivity contribution in [3.8, 4) is 17.6 Å². The molecule has 7 heteroatoms. The Bertz CT molecular complexity index is 907. The number of benzene rings is 2. The van der Waals surface area contributed by atoms with Gasteiger partial charge in [0.2, 0.25) is 0 Å². The first-order valence-corrected chi connectivity index (χ1v) is 9.40. The second-order valence-corrected chi connectivity index (χ2v) is 7.37. The number of hydrogen-bond acceptors (Lipinski definition) is 3. The van der Waals surface area contributed by atoms with E-state index in [9.17, 15) is 8.68 Å². The predicted molar refractivity (Wildman–Crippen MR) is 112 cm³/mol. The maximum atomic E-state index is 12.2. The van der Waals surface area contributed by atoms with Gasteiger partial charge in [-0.2, -0.15) is 0 Å². The molecule has 1 aliphatic rings. The smallest absolute Gasteiger partial charge is 0.272 e. The van der Waals surface area contributed by atoms with Gasteiger partial charge in [0, 0.05) is 44.4 Å². The molecule has 4 nitrogen and oxygen atoms in total. The number of carbonyl (C=O) groups excluding carboxylic acids is 1. The van der Waals surface area contributed by atoms with Gasteiger partial charge in [0.15, 0.2) is 5.91 Å². The molecule has 1 amide bonds. The van der Waals surface area contributed by atoms with Crippen molar-refractivity contribution < 1.29 is 39.4 Å². The Morgan fingerprint density at radius 3 is 2.45 bits per heavy atom. The Kier molecular flexibility index (Phi) is 9.42. The van der Waals surface area contributed by atoms with E-state index < -0.39 is 0 Å². The minimum atomic E-state index is -0.181. The van der Waals surface area contributed by atoms with Crippen molar-refractivity contribution in [2.24, 2.45) is 0 Å². The normalized spacial score (nSPS) is 13.7. The number of hydrogen-bond donors (Lipinski definition) is 0. The van der Waals surface area contributed by atoms with E-state index in [0.717, 1.165) is 28.8 Å². The number of fused-ring (bicyclic) bond motifs is 1. The van der Waals surface area contributed by atoms with Gasteiger partial charge in [0.1, 0.15) is 5.75 Å². The molecule has 2 aromatic carbocycles. The molecule has 1 heterocycles. The molecule has 0 aromatic heterocycles. The molecule has 0 bridgehead atoms. The van der Waals surface area contributed by atoms with Gasteiger partial charge in [-0.1, -0.05) is 25.7 Å². The number of anilines is 1. The number of rotatable bonds is 3. The van der Waals surface area contributed by atoms with Crippen LogP contribution >= 0.6 is 12.4 Å². The fourth-order valence-corrected chi connectivity index (χ4v) is 3.39. The van der Waals surface area contributed by atoms with E-state index in [0.29, 0.717) is 12.3 Å². The maximum Gasteiger partial charge on any atom is 0.272 e. The second-order valence-electron chi connectivity index (χ2n) is 7.08. The number of halogens is 1. The Balaban J connectivity index is 0.00000210. The molecule has 0 radical (unpaired) electrons. The van der Waals surface area contributed by atoms with E-state index in [2.05, 4.69) is 38.7 Å². The van der Waals surface area contributed by atoms with E-state index in [1.165, 1.54) is 0 Å². The molecule has 2 aromatic rings. The number of carbonyl (C=O) groups is 1. The zero-order chi connectivity index (χ0) is 19.4. The molecule has 1 aliphatic heterocycles. The van der Waals surface area contributed by atoms with Crippen molar-refractivity contribution in [1.82, 2.24) is 0 Å². The van der Waals surface area contributed by atoms with Gasteiger partial charge in [0.05, 0.1) is 0 Å². The van der Waals surface area contributed by atoms with Gasteiger partial charge in [-0.25, -0.2) is 0 Å². The maximum absolute atomic E-state index is 12.2. The van der Waals surface area contributed by atoms with Crippen LogP contribution in [-0.4, -0.2) is 17.9 Å². The summed E-state index contributed by atoms with van der Waals surface area (Å²) in [5, 5.41) is 0. The molecule has 0 unspecified atom stereocenters. The largest absolute Gasteiger partial charge is 0.412 e. The molecular formula is C22H23FNO3SW-. The molecule has 3 rings (SSSR count). The van der Waals surface area contributed by atoms with Crippen LogP contribution in [0.3, 0.4) is 0 Å². The number of nitrogens with zero attached hydrogens (tertiary/aromatic N) is 1. The van der Waals surface area contributed by atoms with Gasteiger partial charge in [0.25, 0.3) is 12.4 Å². The molecule has 154 valence electrons. The minimum Gasteiger partial charge on any atom is -0.412 e. The third-order valence-electron chi connectivity index (χ3n) is 4.83. The molecule has 0 spiro atoms. The average molecular weight is 584 g/mol. The van der Waals surface area contributed by atoms with E-state index in [1.807, 2.05) is 17.0 Å². The summed E-state index contributed by atoms with van der Waals surface area (Å²) in [6, 6.07) is 12.9. The standard InChI is InChI=1S/C22H21FNO2S.H2O.W/c1-4-21(25)24-14-13-22(2,3)19-15-17(9-12-20(19)24)6-5-16-7-10-18(11-8-16)26-27-23;;/h7-12,15H,1,4,13-14H2,2-3H3;1H2;/q-1;;. The quantitative estimate of drug-likeness (QED) is 0.305. The van der Waals surface area contributed by atoms with Gasteiger partial charge < -0.3 is 21.5 Å². The summed E-state index contributed by atoms with van der Waals surface area (Å²) >= 11 is -0.181. The van der Waals surface area contributed by atoms with E-state index >= 15 is 0 Å². The van der Waals surface area contributed by atoms with E-state index in [-0.39, 0.29) is 56.7 Å². The van der Waals surface area contributed by atoms with Crippen molar-refractivity contribution in [1.29, 1.82) is 0 Å². The summed E-state index contributed by atoms with van der Waals surface area (Å²) in [5.74, 6) is 6.77. The number of amides is 1. The van der Waals surface area contributed by atoms with Crippen LogP contribution in [0.2, 0.25) is 0 Å². The van der Waals surface area contributed by atoms with Crippen molar-refractivity contribution >= 4 is 24.0 Å². The molecular weight excluding hydrogens is 561 g/mol. The van der Waals surface area contributed by atoms with Crippen molar-refractivity contribution in [3.63, 3.8) is 0 Å². The molecule has 2 N–H and O–H groups in total. The summed E-state index contributed by atoms with van der Waals surface area (Å²) in [4.78, 5) is 14.0. The fourth-order valence-electron chi connectivity index (χ4n) is 3.21. The molecule has 29 heavy (non-hydrogen) atoms. The summed E-state index contributed by atoms with van der Waals surface area (Å²) in [5.41, 5.74) is 3.78. The summed E-state index contributed by atoms with van der Waals surface area (Å²) in [6.07, 6.45) is 1.15. The van der Waals surface area contributed by atoms with Crippen LogP contribution in [0.25, 0.3) is 0 Å². The third kappa shape index (κ3) is 5.85. The summed E-state index contributed by atoms with van der Waals surface area (Å²) in [7, 11) is 0. The molecule has 0 saturated carbocycles. The van der Waals surface area contributed by atoms with Crippen LogP contribution in [0, 0.1) is 18.8 Å². The van der Waals surface area contributed by atoms with Gasteiger partial charge >= 0.3 is 0 Å². The van der Waals surface area contributed by atoms with Crippen LogP contribution in [0.4, 0.5) is 9.57 Å². The van der Waals surface area contributed by atoms with E-state index in [1.54, 1.807) is 24.3 Å². The van der Waals surface area contributed by atoms with Gasteiger partial charge in [-0.15, -0.1) is 10.3 Å². The summed E-state index contributed by atoms with van der Waals surface area (Å²) in [6.45, 7) is 8.82. The van der Waals surface area contributed by atoms with Crippen LogP contribution in [0.1, 0.15) is 43.4 Å². The second kappa shape index (κ2) is 10.8. The Morgan fingerprint density at radius 1 is 1.21 bits per heavy atom. The van der Waals surface area contributed by atoms with E-state index in [4.69, 9.17) is 4.18 Å².